The zero-order valence-electron chi connectivity index (χ0n) is 40.9. The van der Waals surface area contributed by atoms with Crippen LogP contribution in [0.15, 0.2) is 0 Å². The van der Waals surface area contributed by atoms with E-state index in [2.05, 4.69) is 27.7 Å². The van der Waals surface area contributed by atoms with Crippen molar-refractivity contribution in [3.05, 3.63) is 0 Å². The fourth-order valence-electron chi connectivity index (χ4n) is 8.19. The molecule has 0 spiro atoms. The number of rotatable bonds is 49. The molecule has 0 aliphatic carbocycles. The third kappa shape index (κ3) is 45.9. The van der Waals surface area contributed by atoms with Gasteiger partial charge in [-0.25, -0.2) is 0 Å². The number of hydrogen-bond acceptors (Lipinski definition) is 6. The van der Waals surface area contributed by atoms with Crippen LogP contribution in [0.5, 0.6) is 0 Å². The molecule has 60 heavy (non-hydrogen) atoms. The Morgan fingerprint density at radius 3 is 0.867 bits per heavy atom. The average molecular weight is 849 g/mol. The fraction of sp³-hybridized carbons (Fsp3) is 0.944. The summed E-state index contributed by atoms with van der Waals surface area (Å²) in [6, 6.07) is 0. The lowest BCUT2D eigenvalue weighted by Gasteiger charge is -2.18. The summed E-state index contributed by atoms with van der Waals surface area (Å²) < 4.78 is 16.8. The van der Waals surface area contributed by atoms with Crippen molar-refractivity contribution in [2.75, 3.05) is 13.2 Å². The van der Waals surface area contributed by atoms with Gasteiger partial charge in [-0.15, -0.1) is 0 Å². The quantitative estimate of drug-likeness (QED) is 0.0345. The number of carbonyl (C=O) groups is 3. The minimum Gasteiger partial charge on any atom is -0.462 e. The van der Waals surface area contributed by atoms with E-state index < -0.39 is 6.10 Å². The van der Waals surface area contributed by atoms with Crippen LogP contribution >= 0.6 is 0 Å². The van der Waals surface area contributed by atoms with E-state index in [1.54, 1.807) is 0 Å². The van der Waals surface area contributed by atoms with Gasteiger partial charge in [0, 0.05) is 19.3 Å². The molecule has 0 aromatic carbocycles. The van der Waals surface area contributed by atoms with E-state index in [1.165, 1.54) is 199 Å². The van der Waals surface area contributed by atoms with Crippen LogP contribution in [-0.2, 0) is 28.6 Å². The summed E-state index contributed by atoms with van der Waals surface area (Å²) in [6.07, 6.45) is 50.9. The molecule has 0 radical (unpaired) electrons. The highest BCUT2D eigenvalue weighted by Crippen LogP contribution is 2.18. The highest BCUT2D eigenvalue weighted by molar-refractivity contribution is 5.71. The number of unbranched alkanes of at least 4 members (excludes halogenated alkanes) is 35. The first kappa shape index (κ1) is 58.4. The third-order valence-corrected chi connectivity index (χ3v) is 12.7. The van der Waals surface area contributed by atoms with Gasteiger partial charge in [-0.2, -0.15) is 0 Å². The molecular formula is C54H104O6. The maximum Gasteiger partial charge on any atom is 0.306 e. The summed E-state index contributed by atoms with van der Waals surface area (Å²) in [5.41, 5.74) is 0. The summed E-state index contributed by atoms with van der Waals surface area (Å²) in [7, 11) is 0. The molecule has 0 aliphatic rings. The molecule has 0 aromatic rings. The molecule has 0 rings (SSSR count). The second kappa shape index (κ2) is 48.4. The molecule has 6 heteroatoms. The van der Waals surface area contributed by atoms with Crippen molar-refractivity contribution in [3.63, 3.8) is 0 Å². The van der Waals surface area contributed by atoms with Crippen LogP contribution in [0.1, 0.15) is 304 Å². The molecule has 0 N–H and O–H groups in total. The number of ether oxygens (including phenoxy) is 3. The van der Waals surface area contributed by atoms with Gasteiger partial charge in [0.05, 0.1) is 0 Å². The van der Waals surface area contributed by atoms with Crippen molar-refractivity contribution in [1.29, 1.82) is 0 Å². The Hall–Kier alpha value is -1.59. The lowest BCUT2D eigenvalue weighted by molar-refractivity contribution is -0.167. The second-order valence-corrected chi connectivity index (χ2v) is 18.8. The van der Waals surface area contributed by atoms with Crippen molar-refractivity contribution in [2.45, 2.75) is 310 Å². The molecule has 6 nitrogen and oxygen atoms in total. The Balaban J connectivity index is 4.28. The standard InChI is InChI=1S/C54H104O6/c1-5-8-10-12-14-16-18-20-22-24-26-28-30-32-37-41-45-52(55)58-48-51(49-59-53(56)46-42-38-35-34-36-40-44-50(4)7-3)60-54(57)47-43-39-33-31-29-27-25-23-21-19-17-15-13-11-9-6-2/h50-51H,5-49H2,1-4H3/t50?,51-/m0/s1. The molecule has 0 bridgehead atoms. The van der Waals surface area contributed by atoms with E-state index in [4.69, 9.17) is 14.2 Å². The normalized spacial score (nSPS) is 12.4. The average Bonchev–Trinajstić information content (AvgIpc) is 3.25. The third-order valence-electron chi connectivity index (χ3n) is 12.7. The van der Waals surface area contributed by atoms with Gasteiger partial charge in [0.25, 0.3) is 0 Å². The SMILES string of the molecule is CCCCCCCCCCCCCCCCCCC(=O)OC[C@@H](COC(=O)CCCCCCCCC(C)CC)OC(=O)CCCCCCCCCCCCCCCCCC. The van der Waals surface area contributed by atoms with Gasteiger partial charge in [-0.1, -0.05) is 265 Å². The van der Waals surface area contributed by atoms with Crippen LogP contribution in [0.4, 0.5) is 0 Å². The van der Waals surface area contributed by atoms with E-state index in [9.17, 15) is 14.4 Å². The first-order chi connectivity index (χ1) is 29.4. The highest BCUT2D eigenvalue weighted by atomic mass is 16.6. The minimum absolute atomic E-state index is 0.0632. The molecule has 0 saturated heterocycles. The van der Waals surface area contributed by atoms with Gasteiger partial charge in [-0.3, -0.25) is 14.4 Å². The molecule has 1 unspecified atom stereocenters. The highest BCUT2D eigenvalue weighted by Gasteiger charge is 2.19. The number of esters is 3. The van der Waals surface area contributed by atoms with Crippen molar-refractivity contribution in [2.24, 2.45) is 5.92 Å². The smallest absolute Gasteiger partial charge is 0.306 e. The molecule has 356 valence electrons. The predicted molar refractivity (Wildman–Crippen MR) is 257 cm³/mol. The van der Waals surface area contributed by atoms with Crippen molar-refractivity contribution in [1.82, 2.24) is 0 Å². The molecule has 0 amide bonds. The molecular weight excluding hydrogens is 745 g/mol. The Morgan fingerprint density at radius 1 is 0.333 bits per heavy atom. The number of carbonyl (C=O) groups excluding carboxylic acids is 3. The summed E-state index contributed by atoms with van der Waals surface area (Å²) in [6.45, 7) is 9.01. The summed E-state index contributed by atoms with van der Waals surface area (Å²) >= 11 is 0. The summed E-state index contributed by atoms with van der Waals surface area (Å²) in [5.74, 6) is -0.0303. The molecule has 0 fully saturated rings. The second-order valence-electron chi connectivity index (χ2n) is 18.8. The first-order valence-corrected chi connectivity index (χ1v) is 26.9. The van der Waals surface area contributed by atoms with Crippen molar-refractivity contribution in [3.8, 4) is 0 Å². The van der Waals surface area contributed by atoms with Crippen LogP contribution in [0, 0.1) is 5.92 Å². The van der Waals surface area contributed by atoms with Crippen LogP contribution in [0.3, 0.4) is 0 Å². The Labute approximate surface area is 374 Å². The van der Waals surface area contributed by atoms with Crippen molar-refractivity contribution >= 4 is 17.9 Å². The Morgan fingerprint density at radius 2 is 0.583 bits per heavy atom. The van der Waals surface area contributed by atoms with Crippen LogP contribution in [0.25, 0.3) is 0 Å². The molecule has 0 heterocycles. The first-order valence-electron chi connectivity index (χ1n) is 26.9. The number of hydrogen-bond donors (Lipinski definition) is 0. The van der Waals surface area contributed by atoms with Gasteiger partial charge in [0.2, 0.25) is 0 Å². The van der Waals surface area contributed by atoms with Gasteiger partial charge in [0.15, 0.2) is 6.10 Å². The van der Waals surface area contributed by atoms with Gasteiger partial charge < -0.3 is 14.2 Å². The van der Waals surface area contributed by atoms with E-state index in [1.807, 2.05) is 0 Å². The molecule has 0 saturated carbocycles. The van der Waals surface area contributed by atoms with Crippen LogP contribution in [0.2, 0.25) is 0 Å². The Kier molecular flexibility index (Phi) is 47.2. The minimum atomic E-state index is -0.761. The van der Waals surface area contributed by atoms with E-state index in [0.29, 0.717) is 19.3 Å². The predicted octanol–water partition coefficient (Wildman–Crippen LogP) is 17.5. The topological polar surface area (TPSA) is 78.9 Å². The molecule has 0 aromatic heterocycles. The van der Waals surface area contributed by atoms with E-state index in [0.717, 1.165) is 63.7 Å². The lowest BCUT2D eigenvalue weighted by Crippen LogP contribution is -2.30. The molecule has 2 atom stereocenters. The maximum atomic E-state index is 12.8. The summed E-state index contributed by atoms with van der Waals surface area (Å²) in [4.78, 5) is 38.0. The van der Waals surface area contributed by atoms with Gasteiger partial charge in [0.1, 0.15) is 13.2 Å². The zero-order chi connectivity index (χ0) is 43.8. The lowest BCUT2D eigenvalue weighted by atomic mass is 10.00. The Bertz CT molecular complexity index is 905. The van der Waals surface area contributed by atoms with Crippen LogP contribution in [-0.4, -0.2) is 37.2 Å². The fourth-order valence-corrected chi connectivity index (χ4v) is 8.19. The van der Waals surface area contributed by atoms with Gasteiger partial charge in [-0.05, 0) is 25.2 Å². The largest absolute Gasteiger partial charge is 0.462 e. The van der Waals surface area contributed by atoms with Crippen molar-refractivity contribution < 1.29 is 28.6 Å². The zero-order valence-corrected chi connectivity index (χ0v) is 40.9. The summed E-state index contributed by atoms with van der Waals surface area (Å²) in [5, 5.41) is 0. The van der Waals surface area contributed by atoms with E-state index >= 15 is 0 Å². The van der Waals surface area contributed by atoms with E-state index in [-0.39, 0.29) is 31.1 Å². The van der Waals surface area contributed by atoms with Gasteiger partial charge >= 0.3 is 17.9 Å². The molecule has 0 aliphatic heterocycles. The van der Waals surface area contributed by atoms with Crippen LogP contribution < -0.4 is 0 Å². The monoisotopic (exact) mass is 849 g/mol. The maximum absolute atomic E-state index is 12.8.